The minimum atomic E-state index is -0.475. The van der Waals surface area contributed by atoms with Crippen LogP contribution in [-0.4, -0.2) is 29.5 Å². The van der Waals surface area contributed by atoms with Crippen LogP contribution in [0.4, 0.5) is 22.0 Å². The third-order valence-electron chi connectivity index (χ3n) is 4.22. The predicted molar refractivity (Wildman–Crippen MR) is 99.9 cm³/mol. The van der Waals surface area contributed by atoms with Gasteiger partial charge in [0.25, 0.3) is 0 Å². The van der Waals surface area contributed by atoms with Crippen LogP contribution in [0.2, 0.25) is 0 Å². The Kier molecular flexibility index (Phi) is 4.11. The molecule has 9 heteroatoms. The number of imidazole rings is 1. The maximum absolute atomic E-state index is 13.2. The van der Waals surface area contributed by atoms with E-state index in [1.807, 2.05) is 42.9 Å². The van der Waals surface area contributed by atoms with Crippen LogP contribution in [0.3, 0.4) is 0 Å². The Morgan fingerprint density at radius 1 is 1.15 bits per heavy atom. The van der Waals surface area contributed by atoms with Gasteiger partial charge < -0.3 is 15.6 Å². The molecule has 0 spiro atoms. The monoisotopic (exact) mass is 364 g/mol. The van der Waals surface area contributed by atoms with Crippen molar-refractivity contribution in [1.82, 2.24) is 29.5 Å². The Balaban J connectivity index is 1.86. The highest BCUT2D eigenvalue weighted by molar-refractivity contribution is 5.94. The zero-order valence-electron chi connectivity index (χ0n) is 14.8. The molecule has 1 atom stereocenters. The fourth-order valence-electron chi connectivity index (χ4n) is 2.96. The summed E-state index contributed by atoms with van der Waals surface area (Å²) in [4.78, 5) is 21.2. The molecule has 0 aliphatic heterocycles. The minimum absolute atomic E-state index is 0.156. The third-order valence-corrected chi connectivity index (χ3v) is 4.22. The van der Waals surface area contributed by atoms with E-state index < -0.39 is 5.82 Å². The molecule has 27 heavy (non-hydrogen) atoms. The van der Waals surface area contributed by atoms with Gasteiger partial charge in [-0.05, 0) is 11.6 Å². The molecule has 8 nitrogen and oxygen atoms in total. The lowest BCUT2D eigenvalue weighted by atomic mass is 9.96. The van der Waals surface area contributed by atoms with Gasteiger partial charge in [-0.15, -0.1) is 0 Å². The SMILES string of the molecule is CC(c1ncc(F)cn1)c1cccc2nc(N)nc(Nc3cn(C)cn3)c12. The van der Waals surface area contributed by atoms with E-state index in [2.05, 4.69) is 30.2 Å². The van der Waals surface area contributed by atoms with Crippen LogP contribution >= 0.6 is 0 Å². The topological polar surface area (TPSA) is 107 Å². The maximum atomic E-state index is 13.2. The summed E-state index contributed by atoms with van der Waals surface area (Å²) in [5, 5.41) is 3.99. The van der Waals surface area contributed by atoms with Crippen molar-refractivity contribution in [1.29, 1.82) is 0 Å². The van der Waals surface area contributed by atoms with Crippen LogP contribution in [0.15, 0.2) is 43.1 Å². The molecule has 0 saturated heterocycles. The Hall–Kier alpha value is -3.62. The van der Waals surface area contributed by atoms with Crippen LogP contribution in [0.5, 0.6) is 0 Å². The number of aromatic nitrogens is 6. The molecule has 0 radical (unpaired) electrons. The van der Waals surface area contributed by atoms with Crippen molar-refractivity contribution in [2.75, 3.05) is 11.1 Å². The molecule has 0 amide bonds. The Morgan fingerprint density at radius 3 is 2.63 bits per heavy atom. The largest absolute Gasteiger partial charge is 0.368 e. The first-order valence-corrected chi connectivity index (χ1v) is 8.30. The molecule has 1 aromatic carbocycles. The van der Waals surface area contributed by atoms with Crippen LogP contribution in [0.1, 0.15) is 24.2 Å². The number of fused-ring (bicyclic) bond motifs is 1. The normalized spacial score (nSPS) is 12.3. The van der Waals surface area contributed by atoms with Gasteiger partial charge in [0.2, 0.25) is 5.95 Å². The summed E-state index contributed by atoms with van der Waals surface area (Å²) < 4.78 is 15.0. The number of rotatable bonds is 4. The minimum Gasteiger partial charge on any atom is -0.368 e. The second-order valence-electron chi connectivity index (χ2n) is 6.20. The van der Waals surface area contributed by atoms with E-state index in [1.54, 1.807) is 6.33 Å². The molecule has 3 aromatic heterocycles. The summed E-state index contributed by atoms with van der Waals surface area (Å²) in [7, 11) is 1.88. The number of aryl methyl sites for hydroxylation is 1. The molecule has 0 saturated carbocycles. The summed E-state index contributed by atoms with van der Waals surface area (Å²) in [6.07, 6.45) is 5.83. The molecule has 0 bridgehead atoms. The van der Waals surface area contributed by atoms with Gasteiger partial charge in [-0.2, -0.15) is 4.98 Å². The number of nitrogens with two attached hydrogens (primary N) is 1. The maximum Gasteiger partial charge on any atom is 0.222 e. The first-order chi connectivity index (χ1) is 13.0. The molecule has 3 heterocycles. The lowest BCUT2D eigenvalue weighted by Gasteiger charge is -2.16. The van der Waals surface area contributed by atoms with Gasteiger partial charge in [0.15, 0.2) is 5.82 Å². The van der Waals surface area contributed by atoms with E-state index in [0.29, 0.717) is 23.0 Å². The third kappa shape index (κ3) is 3.26. The number of anilines is 3. The molecule has 4 aromatic rings. The first kappa shape index (κ1) is 16.8. The molecule has 3 N–H and O–H groups in total. The van der Waals surface area contributed by atoms with Crippen LogP contribution in [-0.2, 0) is 7.05 Å². The second-order valence-corrected chi connectivity index (χ2v) is 6.20. The lowest BCUT2D eigenvalue weighted by molar-refractivity contribution is 0.606. The number of benzene rings is 1. The quantitative estimate of drug-likeness (QED) is 0.573. The zero-order valence-corrected chi connectivity index (χ0v) is 14.8. The summed E-state index contributed by atoms with van der Waals surface area (Å²) in [6.45, 7) is 1.95. The molecule has 0 aliphatic rings. The molecule has 1 unspecified atom stereocenters. The van der Waals surface area contributed by atoms with Crippen molar-refractivity contribution in [3.63, 3.8) is 0 Å². The Labute approximate surface area is 154 Å². The van der Waals surface area contributed by atoms with Crippen molar-refractivity contribution in [2.24, 2.45) is 7.05 Å². The van der Waals surface area contributed by atoms with Gasteiger partial charge in [-0.1, -0.05) is 19.1 Å². The van der Waals surface area contributed by atoms with Crippen LogP contribution in [0.25, 0.3) is 10.9 Å². The number of nitrogens with zero attached hydrogens (tertiary/aromatic N) is 6. The van der Waals surface area contributed by atoms with Crippen molar-refractivity contribution in [3.05, 3.63) is 60.3 Å². The van der Waals surface area contributed by atoms with E-state index in [9.17, 15) is 4.39 Å². The van der Waals surface area contributed by atoms with Crippen molar-refractivity contribution in [3.8, 4) is 0 Å². The first-order valence-electron chi connectivity index (χ1n) is 8.30. The highest BCUT2D eigenvalue weighted by Gasteiger charge is 2.19. The van der Waals surface area contributed by atoms with E-state index in [-0.39, 0.29) is 11.9 Å². The zero-order chi connectivity index (χ0) is 19.0. The van der Waals surface area contributed by atoms with E-state index in [4.69, 9.17) is 5.73 Å². The van der Waals surface area contributed by atoms with Crippen molar-refractivity contribution in [2.45, 2.75) is 12.8 Å². The molecule has 136 valence electrons. The highest BCUT2D eigenvalue weighted by Crippen LogP contribution is 2.33. The fraction of sp³-hybridized carbons (Fsp3) is 0.167. The van der Waals surface area contributed by atoms with Gasteiger partial charge in [-0.3, -0.25) is 0 Å². The number of hydrogen-bond donors (Lipinski definition) is 2. The Morgan fingerprint density at radius 2 is 1.93 bits per heavy atom. The van der Waals surface area contributed by atoms with Crippen molar-refractivity contribution < 1.29 is 4.39 Å². The molecule has 0 fully saturated rings. The number of nitrogens with one attached hydrogen (secondary N) is 1. The lowest BCUT2D eigenvalue weighted by Crippen LogP contribution is -2.07. The van der Waals surface area contributed by atoms with Crippen LogP contribution in [0, 0.1) is 5.82 Å². The fourth-order valence-corrected chi connectivity index (χ4v) is 2.96. The second kappa shape index (κ2) is 6.60. The average molecular weight is 364 g/mol. The van der Waals surface area contributed by atoms with Crippen LogP contribution < -0.4 is 11.1 Å². The van der Waals surface area contributed by atoms with E-state index >= 15 is 0 Å². The molecule has 0 aliphatic carbocycles. The number of hydrogen-bond acceptors (Lipinski definition) is 7. The van der Waals surface area contributed by atoms with Gasteiger partial charge in [0.05, 0.1) is 24.2 Å². The van der Waals surface area contributed by atoms with Gasteiger partial charge in [0.1, 0.15) is 17.5 Å². The summed E-state index contributed by atoms with van der Waals surface area (Å²) in [5.74, 6) is 1.16. The highest BCUT2D eigenvalue weighted by atomic mass is 19.1. The predicted octanol–water partition coefficient (Wildman–Crippen LogP) is 2.77. The van der Waals surface area contributed by atoms with Gasteiger partial charge in [0, 0.05) is 24.5 Å². The van der Waals surface area contributed by atoms with Gasteiger partial charge in [-0.25, -0.2) is 24.3 Å². The average Bonchev–Trinajstić information content (AvgIpc) is 3.05. The number of halogens is 1. The van der Waals surface area contributed by atoms with Gasteiger partial charge >= 0.3 is 0 Å². The Bertz CT molecular complexity index is 1110. The molecular formula is C18H17FN8. The smallest absolute Gasteiger partial charge is 0.222 e. The number of nitrogen functional groups attached to an aromatic ring is 1. The summed E-state index contributed by atoms with van der Waals surface area (Å²) in [5.41, 5.74) is 7.47. The van der Waals surface area contributed by atoms with Crippen molar-refractivity contribution >= 4 is 28.5 Å². The molecule has 4 rings (SSSR count). The summed E-state index contributed by atoms with van der Waals surface area (Å²) in [6, 6.07) is 5.69. The summed E-state index contributed by atoms with van der Waals surface area (Å²) >= 11 is 0. The standard InChI is InChI=1S/C18H17FN8/c1-10(16-21-6-11(19)7-22-16)12-4-3-5-13-15(12)17(26-18(20)24-13)25-14-8-27(2)9-23-14/h3-10H,1-2H3,(H3,20,24,25,26). The van der Waals surface area contributed by atoms with E-state index in [0.717, 1.165) is 23.3 Å². The molecular weight excluding hydrogens is 347 g/mol. The van der Waals surface area contributed by atoms with E-state index in [1.165, 1.54) is 0 Å².